The molecule has 0 aliphatic heterocycles. The molecular weight excluding hydrogens is 160 g/mol. The van der Waals surface area contributed by atoms with Gasteiger partial charge in [0.1, 0.15) is 0 Å². The Hall–Kier alpha value is 0.217. The highest BCUT2D eigenvalue weighted by Gasteiger charge is 2.18. The van der Waals surface area contributed by atoms with Gasteiger partial charge in [-0.3, -0.25) is 0 Å². The first-order chi connectivity index (χ1) is 5.45. The molecule has 12 heavy (non-hydrogen) atoms. The van der Waals surface area contributed by atoms with Crippen LogP contribution in [0.15, 0.2) is 0 Å². The van der Waals surface area contributed by atoms with Gasteiger partial charge in [0, 0.05) is 8.80 Å². The van der Waals surface area contributed by atoms with E-state index in [1.807, 2.05) is 0 Å². The molecule has 0 N–H and O–H groups in total. The molecule has 0 nitrogen and oxygen atoms in total. The van der Waals surface area contributed by atoms with Crippen molar-refractivity contribution in [3.8, 4) is 0 Å². The minimum absolute atomic E-state index is 0.437. The van der Waals surface area contributed by atoms with E-state index in [9.17, 15) is 0 Å². The lowest BCUT2D eigenvalue weighted by Gasteiger charge is -2.23. The first-order valence-corrected chi connectivity index (χ1v) is 7.60. The highest BCUT2D eigenvalue weighted by atomic mass is 28.3. The van der Waals surface area contributed by atoms with Gasteiger partial charge >= 0.3 is 0 Å². The molecule has 0 aromatic carbocycles. The zero-order valence-electron chi connectivity index (χ0n) is 9.72. The third kappa shape index (κ3) is 4.97. The van der Waals surface area contributed by atoms with Crippen LogP contribution in [0.25, 0.3) is 0 Å². The Morgan fingerprint density at radius 3 is 1.50 bits per heavy atom. The molecule has 0 atom stereocenters. The minimum Gasteiger partial charge on any atom is -0.0654 e. The zero-order chi connectivity index (χ0) is 9.72. The highest BCUT2D eigenvalue weighted by molar-refractivity contribution is 6.61. The molecule has 0 aromatic rings. The average molecular weight is 186 g/mol. The third-order valence-electron chi connectivity index (χ3n) is 2.79. The van der Waals surface area contributed by atoms with Gasteiger partial charge in [-0.2, -0.15) is 0 Å². The lowest BCUT2D eigenvalue weighted by molar-refractivity contribution is 0.617. The highest BCUT2D eigenvalue weighted by Crippen LogP contribution is 2.25. The zero-order valence-corrected chi connectivity index (χ0v) is 10.9. The van der Waals surface area contributed by atoms with Crippen LogP contribution in [-0.4, -0.2) is 8.80 Å². The van der Waals surface area contributed by atoms with E-state index in [0.717, 1.165) is 17.0 Å². The largest absolute Gasteiger partial charge is 0.0654 e. The summed E-state index contributed by atoms with van der Waals surface area (Å²) in [6.45, 7) is 14.3. The molecule has 0 heterocycles. The summed E-state index contributed by atoms with van der Waals surface area (Å²) in [4.78, 5) is 0. The normalized spacial score (nSPS) is 12.5. The van der Waals surface area contributed by atoms with Crippen molar-refractivity contribution >= 4 is 8.80 Å². The fourth-order valence-electron chi connectivity index (χ4n) is 1.96. The summed E-state index contributed by atoms with van der Waals surface area (Å²) in [6, 6.07) is 1.55. The Morgan fingerprint density at radius 1 is 0.833 bits per heavy atom. The standard InChI is InChI=1S/C11H26Si/c1-9(2)7-8-12(10(3)4)11(5)6/h9-12H,7-8H2,1-6H3. The van der Waals surface area contributed by atoms with E-state index in [1.165, 1.54) is 6.42 Å². The van der Waals surface area contributed by atoms with Crippen LogP contribution in [0.5, 0.6) is 0 Å². The van der Waals surface area contributed by atoms with Gasteiger partial charge in [-0.05, 0) is 5.92 Å². The van der Waals surface area contributed by atoms with Crippen molar-refractivity contribution in [3.63, 3.8) is 0 Å². The topological polar surface area (TPSA) is 0 Å². The molecule has 0 radical (unpaired) electrons. The first-order valence-electron chi connectivity index (χ1n) is 5.45. The summed E-state index contributed by atoms with van der Waals surface area (Å²) in [5.74, 6) is 0.900. The molecular formula is C11H26Si. The van der Waals surface area contributed by atoms with Gasteiger partial charge in [0.15, 0.2) is 0 Å². The molecule has 74 valence electrons. The summed E-state index contributed by atoms with van der Waals surface area (Å²) in [5, 5.41) is 0. The first kappa shape index (κ1) is 12.2. The van der Waals surface area contributed by atoms with Crippen molar-refractivity contribution in [2.45, 2.75) is 65.1 Å². The number of hydrogen-bond donors (Lipinski definition) is 0. The molecule has 0 aromatic heterocycles. The van der Waals surface area contributed by atoms with E-state index in [1.54, 1.807) is 6.04 Å². The monoisotopic (exact) mass is 186 g/mol. The fourth-order valence-corrected chi connectivity index (χ4v) is 5.89. The fraction of sp³-hybridized carbons (Fsp3) is 1.00. The van der Waals surface area contributed by atoms with E-state index < -0.39 is 8.80 Å². The summed E-state index contributed by atoms with van der Waals surface area (Å²) in [7, 11) is -0.437. The van der Waals surface area contributed by atoms with Crippen molar-refractivity contribution < 1.29 is 0 Å². The second kappa shape index (κ2) is 5.79. The van der Waals surface area contributed by atoms with Crippen molar-refractivity contribution in [2.75, 3.05) is 0 Å². The molecule has 0 saturated carbocycles. The van der Waals surface area contributed by atoms with Gasteiger partial charge in [-0.1, -0.05) is 65.1 Å². The van der Waals surface area contributed by atoms with E-state index >= 15 is 0 Å². The molecule has 0 aliphatic carbocycles. The predicted molar refractivity (Wildman–Crippen MR) is 61.6 cm³/mol. The quantitative estimate of drug-likeness (QED) is 0.568. The van der Waals surface area contributed by atoms with Gasteiger partial charge in [0.25, 0.3) is 0 Å². The van der Waals surface area contributed by atoms with Crippen molar-refractivity contribution in [2.24, 2.45) is 5.92 Å². The third-order valence-corrected chi connectivity index (χ3v) is 7.22. The maximum atomic E-state index is 2.41. The SMILES string of the molecule is CC(C)CC[SiH](C(C)C)C(C)C. The Balaban J connectivity index is 3.80. The van der Waals surface area contributed by atoms with Gasteiger partial charge in [-0.25, -0.2) is 0 Å². The molecule has 0 unspecified atom stereocenters. The summed E-state index contributed by atoms with van der Waals surface area (Å²) < 4.78 is 0. The second-order valence-corrected chi connectivity index (χ2v) is 9.69. The Morgan fingerprint density at radius 2 is 1.25 bits per heavy atom. The van der Waals surface area contributed by atoms with Crippen molar-refractivity contribution in [1.82, 2.24) is 0 Å². The van der Waals surface area contributed by atoms with Crippen LogP contribution < -0.4 is 0 Å². The molecule has 0 aliphatic rings. The maximum Gasteiger partial charge on any atom is 0.0419 e. The summed E-state index contributed by atoms with van der Waals surface area (Å²) in [5.41, 5.74) is 1.98. The van der Waals surface area contributed by atoms with Crippen LogP contribution >= 0.6 is 0 Å². The molecule has 0 amide bonds. The number of hydrogen-bond acceptors (Lipinski definition) is 0. The molecule has 0 rings (SSSR count). The van der Waals surface area contributed by atoms with Crippen molar-refractivity contribution in [1.29, 1.82) is 0 Å². The lowest BCUT2D eigenvalue weighted by Crippen LogP contribution is -2.21. The maximum absolute atomic E-state index is 2.41. The summed E-state index contributed by atoms with van der Waals surface area (Å²) >= 11 is 0. The molecule has 0 spiro atoms. The van der Waals surface area contributed by atoms with Crippen molar-refractivity contribution in [3.05, 3.63) is 0 Å². The molecule has 1 heteroatoms. The number of rotatable bonds is 5. The van der Waals surface area contributed by atoms with Gasteiger partial charge in [0.05, 0.1) is 0 Å². The predicted octanol–water partition coefficient (Wildman–Crippen LogP) is 4.08. The Kier molecular flexibility index (Phi) is 5.90. The molecule has 0 bridgehead atoms. The van der Waals surface area contributed by atoms with Crippen LogP contribution in [0, 0.1) is 5.92 Å². The average Bonchev–Trinajstić information content (AvgIpc) is 1.84. The van der Waals surface area contributed by atoms with Crippen LogP contribution in [0.4, 0.5) is 0 Å². The lowest BCUT2D eigenvalue weighted by atomic mass is 10.2. The van der Waals surface area contributed by atoms with Gasteiger partial charge in [0.2, 0.25) is 0 Å². The van der Waals surface area contributed by atoms with E-state index in [0.29, 0.717) is 0 Å². The van der Waals surface area contributed by atoms with E-state index in [4.69, 9.17) is 0 Å². The van der Waals surface area contributed by atoms with Gasteiger partial charge in [-0.15, -0.1) is 0 Å². The van der Waals surface area contributed by atoms with E-state index in [2.05, 4.69) is 41.5 Å². The van der Waals surface area contributed by atoms with Crippen LogP contribution in [0.2, 0.25) is 17.1 Å². The second-order valence-electron chi connectivity index (χ2n) is 5.12. The minimum atomic E-state index is -0.437. The Bertz CT molecular complexity index is 97.6. The molecule has 0 saturated heterocycles. The van der Waals surface area contributed by atoms with E-state index in [-0.39, 0.29) is 0 Å². The van der Waals surface area contributed by atoms with Crippen LogP contribution in [0.3, 0.4) is 0 Å². The Labute approximate surface area is 80.4 Å². The smallest absolute Gasteiger partial charge is 0.0419 e. The summed E-state index contributed by atoms with van der Waals surface area (Å²) in [6.07, 6.45) is 1.45. The molecule has 0 fully saturated rings. The van der Waals surface area contributed by atoms with Crippen LogP contribution in [0.1, 0.15) is 48.0 Å². The van der Waals surface area contributed by atoms with Crippen LogP contribution in [-0.2, 0) is 0 Å². The van der Waals surface area contributed by atoms with Gasteiger partial charge < -0.3 is 0 Å².